The molecule has 0 fully saturated rings. The molecule has 2 aromatic rings. The number of benzene rings is 2. The van der Waals surface area contributed by atoms with Gasteiger partial charge in [0.25, 0.3) is 0 Å². The average molecular weight is 369 g/mol. The lowest BCUT2D eigenvalue weighted by molar-refractivity contribution is -0.124. The Kier molecular flexibility index (Phi) is 7.37. The van der Waals surface area contributed by atoms with Gasteiger partial charge in [0.05, 0.1) is 20.4 Å². The van der Waals surface area contributed by atoms with Crippen molar-refractivity contribution in [3.8, 4) is 11.5 Å². The van der Waals surface area contributed by atoms with Crippen LogP contribution in [0.5, 0.6) is 11.5 Å². The van der Waals surface area contributed by atoms with Crippen molar-refractivity contribution in [1.29, 1.82) is 0 Å². The van der Waals surface area contributed by atoms with E-state index in [1.54, 1.807) is 38.5 Å². The SMILES string of the molecule is COc1ccc(C=NNC(=O)CCC(=O)Nc2cccc(C)c2)cc1OC. The van der Waals surface area contributed by atoms with Crippen LogP contribution in [0.2, 0.25) is 0 Å². The summed E-state index contributed by atoms with van der Waals surface area (Å²) in [7, 11) is 3.10. The number of amides is 2. The van der Waals surface area contributed by atoms with E-state index in [0.29, 0.717) is 17.2 Å². The minimum Gasteiger partial charge on any atom is -0.493 e. The van der Waals surface area contributed by atoms with Gasteiger partial charge in [-0.3, -0.25) is 9.59 Å². The first-order valence-corrected chi connectivity index (χ1v) is 8.42. The van der Waals surface area contributed by atoms with E-state index in [9.17, 15) is 9.59 Å². The van der Waals surface area contributed by atoms with Gasteiger partial charge in [0, 0.05) is 18.5 Å². The Bertz CT molecular complexity index is 834. The van der Waals surface area contributed by atoms with E-state index in [1.807, 2.05) is 25.1 Å². The quantitative estimate of drug-likeness (QED) is 0.553. The van der Waals surface area contributed by atoms with Crippen LogP contribution in [0.15, 0.2) is 47.6 Å². The number of nitrogens with zero attached hydrogens (tertiary/aromatic N) is 1. The fraction of sp³-hybridized carbons (Fsp3) is 0.250. The highest BCUT2D eigenvalue weighted by Crippen LogP contribution is 2.26. The number of hydrogen-bond donors (Lipinski definition) is 2. The molecule has 0 aromatic heterocycles. The summed E-state index contributed by atoms with van der Waals surface area (Å²) in [6.45, 7) is 1.94. The number of ether oxygens (including phenoxy) is 2. The lowest BCUT2D eigenvalue weighted by atomic mass is 10.2. The van der Waals surface area contributed by atoms with Crippen molar-refractivity contribution in [2.24, 2.45) is 5.10 Å². The number of hydrogen-bond acceptors (Lipinski definition) is 5. The van der Waals surface area contributed by atoms with Crippen LogP contribution < -0.4 is 20.2 Å². The summed E-state index contributed by atoms with van der Waals surface area (Å²) < 4.78 is 10.4. The summed E-state index contributed by atoms with van der Waals surface area (Å²) in [4.78, 5) is 23.7. The summed E-state index contributed by atoms with van der Waals surface area (Å²) in [5, 5.41) is 6.65. The number of hydrazone groups is 1. The third-order valence-electron chi connectivity index (χ3n) is 3.69. The van der Waals surface area contributed by atoms with E-state index in [2.05, 4.69) is 15.8 Å². The van der Waals surface area contributed by atoms with Crippen LogP contribution in [0.25, 0.3) is 0 Å². The summed E-state index contributed by atoms with van der Waals surface area (Å²) in [6, 6.07) is 12.7. The van der Waals surface area contributed by atoms with Crippen LogP contribution in [0.4, 0.5) is 5.69 Å². The van der Waals surface area contributed by atoms with Crippen LogP contribution in [0, 0.1) is 6.92 Å². The van der Waals surface area contributed by atoms with Crippen molar-refractivity contribution in [2.75, 3.05) is 19.5 Å². The van der Waals surface area contributed by atoms with Crippen LogP contribution in [0.1, 0.15) is 24.0 Å². The molecule has 0 saturated carbocycles. The monoisotopic (exact) mass is 369 g/mol. The molecule has 2 aromatic carbocycles. The summed E-state index contributed by atoms with van der Waals surface area (Å²) in [5.74, 6) is 0.615. The zero-order valence-corrected chi connectivity index (χ0v) is 15.6. The molecular formula is C20H23N3O4. The van der Waals surface area contributed by atoms with Gasteiger partial charge in [-0.2, -0.15) is 5.10 Å². The van der Waals surface area contributed by atoms with Crippen LogP contribution in [-0.2, 0) is 9.59 Å². The Morgan fingerprint density at radius 2 is 1.74 bits per heavy atom. The average Bonchev–Trinajstić information content (AvgIpc) is 2.66. The van der Waals surface area contributed by atoms with E-state index in [1.165, 1.54) is 6.21 Å². The highest BCUT2D eigenvalue weighted by atomic mass is 16.5. The molecule has 0 saturated heterocycles. The number of methoxy groups -OCH3 is 2. The maximum Gasteiger partial charge on any atom is 0.240 e. The molecule has 0 aliphatic carbocycles. The number of aryl methyl sites for hydroxylation is 1. The zero-order valence-electron chi connectivity index (χ0n) is 15.6. The molecule has 0 atom stereocenters. The zero-order chi connectivity index (χ0) is 19.6. The Hall–Kier alpha value is -3.35. The predicted octanol–water partition coefficient (Wildman–Crippen LogP) is 2.88. The van der Waals surface area contributed by atoms with Crippen molar-refractivity contribution in [3.63, 3.8) is 0 Å². The number of carbonyl (C=O) groups is 2. The van der Waals surface area contributed by atoms with Crippen LogP contribution in [-0.4, -0.2) is 32.2 Å². The molecule has 7 heteroatoms. The summed E-state index contributed by atoms with van der Waals surface area (Å²) in [5.41, 5.74) is 4.91. The van der Waals surface area contributed by atoms with Gasteiger partial charge in [-0.15, -0.1) is 0 Å². The molecule has 0 radical (unpaired) electrons. The standard InChI is InChI=1S/C20H23N3O4/c1-14-5-4-6-16(11-14)22-19(24)9-10-20(25)23-21-13-15-7-8-17(26-2)18(12-15)27-3/h4-8,11-13H,9-10H2,1-3H3,(H,22,24)(H,23,25). The van der Waals surface area contributed by atoms with E-state index >= 15 is 0 Å². The molecule has 0 heterocycles. The second-order valence-electron chi connectivity index (χ2n) is 5.83. The smallest absolute Gasteiger partial charge is 0.240 e. The van der Waals surface area contributed by atoms with Gasteiger partial charge in [-0.25, -0.2) is 5.43 Å². The van der Waals surface area contributed by atoms with Gasteiger partial charge in [0.15, 0.2) is 11.5 Å². The molecule has 27 heavy (non-hydrogen) atoms. The van der Waals surface area contributed by atoms with Gasteiger partial charge in [0.1, 0.15) is 0 Å². The van der Waals surface area contributed by atoms with Crippen molar-refractivity contribution in [1.82, 2.24) is 5.43 Å². The second kappa shape index (κ2) is 9.96. The number of carbonyl (C=O) groups excluding carboxylic acids is 2. The fourth-order valence-corrected chi connectivity index (χ4v) is 2.34. The molecule has 0 unspecified atom stereocenters. The maximum atomic E-state index is 11.9. The van der Waals surface area contributed by atoms with Crippen LogP contribution >= 0.6 is 0 Å². The largest absolute Gasteiger partial charge is 0.493 e. The first kappa shape index (κ1) is 20.0. The Morgan fingerprint density at radius 1 is 1.00 bits per heavy atom. The molecule has 0 spiro atoms. The van der Waals surface area contributed by atoms with E-state index < -0.39 is 0 Å². The molecule has 2 N–H and O–H groups in total. The number of anilines is 1. The minimum atomic E-state index is -0.342. The lowest BCUT2D eigenvalue weighted by Gasteiger charge is -2.07. The maximum absolute atomic E-state index is 11.9. The predicted molar refractivity (Wildman–Crippen MR) is 104 cm³/mol. The van der Waals surface area contributed by atoms with Gasteiger partial charge in [0.2, 0.25) is 11.8 Å². The molecule has 2 rings (SSSR count). The number of nitrogens with one attached hydrogen (secondary N) is 2. The van der Waals surface area contributed by atoms with Gasteiger partial charge >= 0.3 is 0 Å². The van der Waals surface area contributed by atoms with Crippen LogP contribution in [0.3, 0.4) is 0 Å². The second-order valence-corrected chi connectivity index (χ2v) is 5.83. The molecule has 0 aliphatic heterocycles. The Balaban J connectivity index is 1.78. The van der Waals surface area contributed by atoms with Gasteiger partial charge < -0.3 is 14.8 Å². The first-order valence-electron chi connectivity index (χ1n) is 8.42. The van der Waals surface area contributed by atoms with E-state index in [-0.39, 0.29) is 24.7 Å². The molecule has 2 amide bonds. The topological polar surface area (TPSA) is 89.0 Å². The Labute approximate surface area is 158 Å². The van der Waals surface area contributed by atoms with E-state index in [0.717, 1.165) is 11.1 Å². The van der Waals surface area contributed by atoms with Crippen molar-refractivity contribution >= 4 is 23.7 Å². The molecule has 0 bridgehead atoms. The number of rotatable bonds is 8. The van der Waals surface area contributed by atoms with E-state index in [4.69, 9.17) is 9.47 Å². The van der Waals surface area contributed by atoms with Crippen molar-refractivity contribution < 1.29 is 19.1 Å². The third-order valence-corrected chi connectivity index (χ3v) is 3.69. The minimum absolute atomic E-state index is 0.0426. The summed E-state index contributed by atoms with van der Waals surface area (Å²) in [6.07, 6.45) is 1.61. The molecular weight excluding hydrogens is 346 g/mol. The van der Waals surface area contributed by atoms with Gasteiger partial charge in [-0.05, 0) is 48.4 Å². The fourth-order valence-electron chi connectivity index (χ4n) is 2.34. The summed E-state index contributed by atoms with van der Waals surface area (Å²) >= 11 is 0. The van der Waals surface area contributed by atoms with Crippen molar-refractivity contribution in [2.45, 2.75) is 19.8 Å². The van der Waals surface area contributed by atoms with Crippen molar-refractivity contribution in [3.05, 3.63) is 53.6 Å². The molecule has 7 nitrogen and oxygen atoms in total. The van der Waals surface area contributed by atoms with Gasteiger partial charge in [-0.1, -0.05) is 12.1 Å². The Morgan fingerprint density at radius 3 is 2.44 bits per heavy atom. The first-order chi connectivity index (χ1) is 13.0. The highest BCUT2D eigenvalue weighted by molar-refractivity contribution is 5.93. The highest BCUT2D eigenvalue weighted by Gasteiger charge is 2.07. The normalized spacial score (nSPS) is 10.5. The third kappa shape index (κ3) is 6.47. The molecule has 142 valence electrons. The lowest BCUT2D eigenvalue weighted by Crippen LogP contribution is -2.20. The molecule has 0 aliphatic rings.